The Kier molecular flexibility index (Phi) is 6.71. The van der Waals surface area contributed by atoms with E-state index in [0.717, 1.165) is 29.5 Å². The topological polar surface area (TPSA) is 78.4 Å². The second-order valence-electron chi connectivity index (χ2n) is 5.73. The highest BCUT2D eigenvalue weighted by atomic mass is 16.3. The molecule has 0 aromatic heterocycles. The van der Waals surface area contributed by atoms with Gasteiger partial charge >= 0.3 is 11.8 Å². The van der Waals surface area contributed by atoms with Gasteiger partial charge in [0.1, 0.15) is 0 Å². The van der Waals surface area contributed by atoms with Crippen LogP contribution in [0.1, 0.15) is 36.6 Å². The number of nitrogens with one attached hydrogen (secondary N) is 2. The lowest BCUT2D eigenvalue weighted by Crippen LogP contribution is -2.39. The fourth-order valence-corrected chi connectivity index (χ4v) is 2.72. The van der Waals surface area contributed by atoms with Crippen molar-refractivity contribution in [2.45, 2.75) is 32.7 Å². The maximum Gasteiger partial charge on any atom is 0.313 e. The van der Waals surface area contributed by atoms with Gasteiger partial charge in [-0.15, -0.1) is 0 Å². The summed E-state index contributed by atoms with van der Waals surface area (Å²) in [7, 11) is 0. The number of benzene rings is 2. The minimum Gasteiger partial charge on any atom is -0.394 e. The van der Waals surface area contributed by atoms with Crippen molar-refractivity contribution in [3.63, 3.8) is 0 Å². The fraction of sp³-hybridized carbons (Fsp3) is 0.300. The Morgan fingerprint density at radius 3 is 2.04 bits per heavy atom. The molecule has 0 heterocycles. The molecular formula is C20H24N2O3. The number of anilines is 1. The predicted octanol–water partition coefficient (Wildman–Crippen LogP) is 2.60. The number of aliphatic hydroxyl groups excluding tert-OH is 1. The maximum atomic E-state index is 12.3. The number of carbonyl (C=O) groups is 2. The minimum atomic E-state index is -0.768. The monoisotopic (exact) mass is 340 g/mol. The van der Waals surface area contributed by atoms with Crippen LogP contribution in [-0.2, 0) is 22.4 Å². The summed E-state index contributed by atoms with van der Waals surface area (Å²) in [6.45, 7) is 3.72. The van der Waals surface area contributed by atoms with E-state index in [1.165, 1.54) is 0 Å². The third-order valence-electron chi connectivity index (χ3n) is 4.13. The molecule has 5 nitrogen and oxygen atoms in total. The van der Waals surface area contributed by atoms with E-state index in [-0.39, 0.29) is 6.61 Å². The molecule has 0 aliphatic rings. The van der Waals surface area contributed by atoms with E-state index >= 15 is 0 Å². The Morgan fingerprint density at radius 2 is 1.52 bits per heavy atom. The first-order valence-electron chi connectivity index (χ1n) is 8.49. The second-order valence-corrected chi connectivity index (χ2v) is 5.73. The first kappa shape index (κ1) is 18.7. The van der Waals surface area contributed by atoms with Crippen LogP contribution >= 0.6 is 0 Å². The molecule has 0 saturated carbocycles. The molecule has 3 N–H and O–H groups in total. The highest BCUT2D eigenvalue weighted by Gasteiger charge is 2.21. The molecule has 0 aliphatic carbocycles. The van der Waals surface area contributed by atoms with Gasteiger partial charge in [-0.2, -0.15) is 0 Å². The number of para-hydroxylation sites is 1. The van der Waals surface area contributed by atoms with Crippen LogP contribution in [0.15, 0.2) is 48.5 Å². The van der Waals surface area contributed by atoms with Gasteiger partial charge in [-0.1, -0.05) is 62.4 Å². The van der Waals surface area contributed by atoms with Crippen molar-refractivity contribution in [1.29, 1.82) is 0 Å². The third kappa shape index (κ3) is 4.67. The molecule has 0 aliphatic heterocycles. The molecule has 2 aromatic rings. The maximum absolute atomic E-state index is 12.3. The summed E-state index contributed by atoms with van der Waals surface area (Å²) in [5, 5.41) is 14.8. The van der Waals surface area contributed by atoms with Crippen molar-refractivity contribution in [1.82, 2.24) is 5.32 Å². The molecule has 0 saturated heterocycles. The lowest BCUT2D eigenvalue weighted by atomic mass is 10.0. The number of hydrogen-bond acceptors (Lipinski definition) is 3. The van der Waals surface area contributed by atoms with Gasteiger partial charge in [-0.05, 0) is 29.5 Å². The molecule has 25 heavy (non-hydrogen) atoms. The number of aryl methyl sites for hydroxylation is 2. The van der Waals surface area contributed by atoms with E-state index in [4.69, 9.17) is 0 Å². The van der Waals surface area contributed by atoms with E-state index in [0.29, 0.717) is 5.69 Å². The van der Waals surface area contributed by atoms with Crippen molar-refractivity contribution in [3.05, 3.63) is 65.2 Å². The number of aliphatic hydroxyl groups is 1. The molecule has 132 valence electrons. The fourth-order valence-electron chi connectivity index (χ4n) is 2.72. The van der Waals surface area contributed by atoms with Gasteiger partial charge < -0.3 is 15.7 Å². The van der Waals surface area contributed by atoms with Gasteiger partial charge in [0.25, 0.3) is 0 Å². The number of hydrogen-bond donors (Lipinski definition) is 3. The normalized spacial score (nSPS) is 11.6. The molecule has 2 rings (SSSR count). The average molecular weight is 340 g/mol. The number of rotatable bonds is 6. The van der Waals surface area contributed by atoms with Crippen LogP contribution < -0.4 is 10.6 Å². The zero-order valence-corrected chi connectivity index (χ0v) is 14.6. The van der Waals surface area contributed by atoms with Crippen molar-refractivity contribution in [3.8, 4) is 0 Å². The van der Waals surface area contributed by atoms with Crippen molar-refractivity contribution >= 4 is 17.5 Å². The summed E-state index contributed by atoms with van der Waals surface area (Å²) in [5.41, 5.74) is 3.42. The van der Waals surface area contributed by atoms with E-state index in [9.17, 15) is 14.7 Å². The van der Waals surface area contributed by atoms with E-state index in [2.05, 4.69) is 10.6 Å². The van der Waals surface area contributed by atoms with Gasteiger partial charge in [0.2, 0.25) is 0 Å². The van der Waals surface area contributed by atoms with Gasteiger partial charge in [0.15, 0.2) is 0 Å². The minimum absolute atomic E-state index is 0.283. The SMILES string of the molecule is CCc1cccc(CC)c1NC(=O)C(=O)NC(CO)c1ccccc1. The average Bonchev–Trinajstić information content (AvgIpc) is 2.66. The van der Waals surface area contributed by atoms with Gasteiger partial charge in [0.05, 0.1) is 12.6 Å². The number of carbonyl (C=O) groups excluding carboxylic acids is 2. The third-order valence-corrected chi connectivity index (χ3v) is 4.13. The molecular weight excluding hydrogens is 316 g/mol. The second kappa shape index (κ2) is 8.99. The Labute approximate surface area is 148 Å². The van der Waals surface area contributed by atoms with Crippen molar-refractivity contribution < 1.29 is 14.7 Å². The first-order valence-corrected chi connectivity index (χ1v) is 8.49. The Balaban J connectivity index is 2.12. The Bertz CT molecular complexity index is 707. The van der Waals surface area contributed by atoms with Crippen LogP contribution in [0.4, 0.5) is 5.69 Å². The Hall–Kier alpha value is -2.66. The summed E-state index contributed by atoms with van der Waals surface area (Å²) in [4.78, 5) is 24.6. The zero-order valence-electron chi connectivity index (χ0n) is 14.6. The standard InChI is InChI=1S/C20H24N2O3/c1-3-14-11-8-12-15(4-2)18(14)22-20(25)19(24)21-17(13-23)16-9-6-5-7-10-16/h5-12,17,23H,3-4,13H2,1-2H3,(H,21,24)(H,22,25). The summed E-state index contributed by atoms with van der Waals surface area (Å²) in [5.74, 6) is -1.50. The lowest BCUT2D eigenvalue weighted by molar-refractivity contribution is -0.136. The summed E-state index contributed by atoms with van der Waals surface area (Å²) < 4.78 is 0. The van der Waals surface area contributed by atoms with E-state index < -0.39 is 17.9 Å². The largest absolute Gasteiger partial charge is 0.394 e. The molecule has 1 atom stereocenters. The summed E-state index contributed by atoms with van der Waals surface area (Å²) in [6.07, 6.45) is 1.52. The van der Waals surface area contributed by atoms with Crippen LogP contribution in [0.2, 0.25) is 0 Å². The molecule has 0 fully saturated rings. The van der Waals surface area contributed by atoms with Crippen molar-refractivity contribution in [2.24, 2.45) is 0 Å². The molecule has 0 radical (unpaired) electrons. The smallest absolute Gasteiger partial charge is 0.313 e. The van der Waals surface area contributed by atoms with Gasteiger partial charge in [-0.25, -0.2) is 0 Å². The molecule has 5 heteroatoms. The van der Waals surface area contributed by atoms with Crippen molar-refractivity contribution in [2.75, 3.05) is 11.9 Å². The highest BCUT2D eigenvalue weighted by Crippen LogP contribution is 2.22. The van der Waals surface area contributed by atoms with Crippen LogP contribution in [0, 0.1) is 0 Å². The van der Waals surface area contributed by atoms with E-state index in [1.54, 1.807) is 12.1 Å². The van der Waals surface area contributed by atoms with Crippen LogP contribution in [0.3, 0.4) is 0 Å². The van der Waals surface area contributed by atoms with Gasteiger partial charge in [0, 0.05) is 5.69 Å². The van der Waals surface area contributed by atoms with Crippen LogP contribution in [0.5, 0.6) is 0 Å². The lowest BCUT2D eigenvalue weighted by Gasteiger charge is -2.18. The quantitative estimate of drug-likeness (QED) is 0.707. The zero-order chi connectivity index (χ0) is 18.2. The summed E-state index contributed by atoms with van der Waals surface area (Å²) >= 11 is 0. The molecule has 1 unspecified atom stereocenters. The first-order chi connectivity index (χ1) is 12.1. The molecule has 2 aromatic carbocycles. The molecule has 0 bridgehead atoms. The van der Waals surface area contributed by atoms with Gasteiger partial charge in [-0.3, -0.25) is 9.59 Å². The number of amides is 2. The Morgan fingerprint density at radius 1 is 0.920 bits per heavy atom. The van der Waals surface area contributed by atoms with Crippen LogP contribution in [-0.4, -0.2) is 23.5 Å². The molecule has 2 amide bonds. The highest BCUT2D eigenvalue weighted by molar-refractivity contribution is 6.39. The van der Waals surface area contributed by atoms with E-state index in [1.807, 2.05) is 50.2 Å². The predicted molar refractivity (Wildman–Crippen MR) is 98.2 cm³/mol. The summed E-state index contributed by atoms with van der Waals surface area (Å²) in [6, 6.07) is 14.3. The molecule has 0 spiro atoms. The van der Waals surface area contributed by atoms with Crippen LogP contribution in [0.25, 0.3) is 0 Å².